The zero-order valence-corrected chi connectivity index (χ0v) is 36.2. The fraction of sp³-hybridized carbons (Fsp3) is 0.478. The average Bonchev–Trinajstić information content (AvgIpc) is 3.25. The number of halogens is 9. The first kappa shape index (κ1) is 53.1. The van der Waals surface area contributed by atoms with E-state index in [1.807, 2.05) is 0 Å². The third kappa shape index (κ3) is 11.4. The molecular formula is C46H49F9O11. The van der Waals surface area contributed by atoms with Crippen molar-refractivity contribution < 1.29 is 91.8 Å². The molecule has 0 saturated heterocycles. The lowest BCUT2D eigenvalue weighted by molar-refractivity contribution is -0.284. The summed E-state index contributed by atoms with van der Waals surface area (Å²) in [6, 6.07) is 16.9. The van der Waals surface area contributed by atoms with Gasteiger partial charge in [-0.25, -0.2) is 19.2 Å². The van der Waals surface area contributed by atoms with Gasteiger partial charge in [0.2, 0.25) is 0 Å². The summed E-state index contributed by atoms with van der Waals surface area (Å²) in [7, 11) is 1.79. The molecule has 11 nitrogen and oxygen atoms in total. The van der Waals surface area contributed by atoms with Crippen LogP contribution in [0.15, 0.2) is 103 Å². The first-order valence-electron chi connectivity index (χ1n) is 20.6. The van der Waals surface area contributed by atoms with Gasteiger partial charge in [-0.1, -0.05) is 117 Å². The smallest absolute Gasteiger partial charge is 0.432 e. The summed E-state index contributed by atoms with van der Waals surface area (Å²) in [6.45, 7) is 1.18. The van der Waals surface area contributed by atoms with Gasteiger partial charge in [0.25, 0.3) is 16.8 Å². The molecule has 4 rings (SSSR count). The predicted octanol–water partition coefficient (Wildman–Crippen LogP) is 9.66. The highest BCUT2D eigenvalue weighted by molar-refractivity contribution is 5.85. The third-order valence-electron chi connectivity index (χ3n) is 11.1. The Labute approximate surface area is 374 Å². The quantitative estimate of drug-likeness (QED) is 0.0977. The summed E-state index contributed by atoms with van der Waals surface area (Å²) in [5.41, 5.74) is -13.4. The summed E-state index contributed by atoms with van der Waals surface area (Å²) in [5, 5.41) is 0. The molecular weight excluding hydrogens is 899 g/mol. The van der Waals surface area contributed by atoms with Crippen molar-refractivity contribution in [3.05, 3.63) is 120 Å². The molecule has 1 heterocycles. The monoisotopic (exact) mass is 948 g/mol. The standard InChI is InChI=1S/C46H49F9O11/c1-30-34(64-38(57)41(60-2,44(47,48)49)31-20-12-9-13-21-31)26-18-7-5-6-8-19-27-35(65-39(58)42(61-3,45(50,51)52)32-22-14-10-15-23-32)36(28-29-37(56)63-30)66-40(59)43(62-4,46(53,54)55)33-24-16-11-17-25-33/h9-17,20-25,28-30,34-36H,5-8,18-19,26-27H2,1-4H3/t30-,34+,35+,36-,41?,42?,43?/m1/s1. The summed E-state index contributed by atoms with van der Waals surface area (Å²) < 4.78 is 171. The van der Waals surface area contributed by atoms with E-state index >= 15 is 26.3 Å². The molecule has 3 unspecified atom stereocenters. The summed E-state index contributed by atoms with van der Waals surface area (Å²) in [4.78, 5) is 55.1. The van der Waals surface area contributed by atoms with Crippen molar-refractivity contribution >= 4 is 23.9 Å². The molecule has 3 aromatic carbocycles. The van der Waals surface area contributed by atoms with Gasteiger partial charge in [-0.15, -0.1) is 0 Å². The van der Waals surface area contributed by atoms with Crippen LogP contribution in [-0.2, 0) is 69.1 Å². The minimum Gasteiger partial charge on any atom is -0.456 e. The molecule has 7 atom stereocenters. The summed E-state index contributed by atoms with van der Waals surface area (Å²) in [6.07, 6.45) is -21.6. The maximum Gasteiger partial charge on any atom is 0.432 e. The van der Waals surface area contributed by atoms with Crippen LogP contribution in [0.4, 0.5) is 39.5 Å². The van der Waals surface area contributed by atoms with Gasteiger partial charge in [0, 0.05) is 44.1 Å². The van der Waals surface area contributed by atoms with Gasteiger partial charge in [-0.2, -0.15) is 39.5 Å². The maximum atomic E-state index is 15.1. The van der Waals surface area contributed by atoms with Crippen LogP contribution in [-0.4, -0.2) is 88.2 Å². The second-order valence-corrected chi connectivity index (χ2v) is 15.2. The highest BCUT2D eigenvalue weighted by Gasteiger charge is 2.67. The molecule has 20 heteroatoms. The Balaban J connectivity index is 1.81. The molecule has 0 aromatic heterocycles. The Morgan fingerprint density at radius 3 is 1.17 bits per heavy atom. The molecule has 0 N–H and O–H groups in total. The van der Waals surface area contributed by atoms with Crippen molar-refractivity contribution in [1.29, 1.82) is 0 Å². The number of alkyl halides is 9. The zero-order valence-electron chi connectivity index (χ0n) is 36.2. The normalized spacial score (nSPS) is 22.3. The zero-order chi connectivity index (χ0) is 49.0. The van der Waals surface area contributed by atoms with Crippen LogP contribution in [0.5, 0.6) is 0 Å². The third-order valence-corrected chi connectivity index (χ3v) is 11.1. The van der Waals surface area contributed by atoms with E-state index in [4.69, 9.17) is 33.2 Å². The molecule has 0 fully saturated rings. The van der Waals surface area contributed by atoms with Crippen LogP contribution in [0.1, 0.15) is 75.0 Å². The van der Waals surface area contributed by atoms with Crippen molar-refractivity contribution in [2.45, 2.75) is 118 Å². The predicted molar refractivity (Wildman–Crippen MR) is 215 cm³/mol. The lowest BCUT2D eigenvalue weighted by atomic mass is 9.92. The van der Waals surface area contributed by atoms with Crippen molar-refractivity contribution in [1.82, 2.24) is 0 Å². The van der Waals surface area contributed by atoms with Gasteiger partial charge in [0.05, 0.1) is 0 Å². The van der Waals surface area contributed by atoms with E-state index in [9.17, 15) is 32.3 Å². The second kappa shape index (κ2) is 22.3. The molecule has 0 saturated carbocycles. The Hall–Kier alpha value is -5.47. The van der Waals surface area contributed by atoms with Crippen molar-refractivity contribution in [2.24, 2.45) is 0 Å². The van der Waals surface area contributed by atoms with E-state index in [-0.39, 0.29) is 25.7 Å². The molecule has 0 spiro atoms. The average molecular weight is 949 g/mol. The number of methoxy groups -OCH3 is 3. The Bertz CT molecular complexity index is 2080. The highest BCUT2D eigenvalue weighted by atomic mass is 19.4. The molecule has 3 aromatic rings. The van der Waals surface area contributed by atoms with Gasteiger partial charge in [-0.3, -0.25) is 0 Å². The first-order valence-corrected chi connectivity index (χ1v) is 20.6. The Morgan fingerprint density at radius 2 is 0.818 bits per heavy atom. The number of ether oxygens (including phenoxy) is 7. The van der Waals surface area contributed by atoms with Crippen LogP contribution >= 0.6 is 0 Å². The maximum absolute atomic E-state index is 15.1. The van der Waals surface area contributed by atoms with Gasteiger partial charge in [0.1, 0.15) is 18.3 Å². The Morgan fingerprint density at radius 1 is 0.500 bits per heavy atom. The van der Waals surface area contributed by atoms with Crippen LogP contribution < -0.4 is 0 Å². The molecule has 0 bridgehead atoms. The van der Waals surface area contributed by atoms with E-state index in [1.165, 1.54) is 49.4 Å². The minimum atomic E-state index is -5.56. The lowest BCUT2D eigenvalue weighted by Crippen LogP contribution is -2.55. The van der Waals surface area contributed by atoms with Crippen LogP contribution in [0, 0.1) is 0 Å². The van der Waals surface area contributed by atoms with E-state index < -0.39 is 107 Å². The molecule has 66 heavy (non-hydrogen) atoms. The van der Waals surface area contributed by atoms with Crippen molar-refractivity contribution in [3.8, 4) is 0 Å². The van der Waals surface area contributed by atoms with Crippen molar-refractivity contribution in [2.75, 3.05) is 21.3 Å². The van der Waals surface area contributed by atoms with Crippen LogP contribution in [0.2, 0.25) is 0 Å². The van der Waals surface area contributed by atoms with Crippen LogP contribution in [0.3, 0.4) is 0 Å². The number of carbonyl (C=O) groups excluding carboxylic acids is 4. The number of carbonyl (C=O) groups is 4. The Kier molecular flexibility index (Phi) is 18.0. The highest BCUT2D eigenvalue weighted by Crippen LogP contribution is 2.46. The number of rotatable bonds is 12. The first-order chi connectivity index (χ1) is 31.1. The van der Waals surface area contributed by atoms with E-state index in [1.54, 1.807) is 0 Å². The van der Waals surface area contributed by atoms with E-state index in [2.05, 4.69) is 0 Å². The number of cyclic esters (lactones) is 1. The molecule has 1 aliphatic rings. The fourth-order valence-electron chi connectivity index (χ4n) is 7.60. The molecule has 0 amide bonds. The SMILES string of the molecule is COC(C(=O)O[C@H]1CCCCCCCC[C@H](OC(=O)C(OC)(c2ccccc2)C(F)(F)F)[C@H](OC(=O)C(OC)(c2ccccc2)C(F)(F)F)C=CC(=O)O[C@@H]1C)(c1ccccc1)C(F)(F)F. The van der Waals surface area contributed by atoms with Gasteiger partial charge in [-0.05, 0) is 38.7 Å². The number of hydrogen-bond donors (Lipinski definition) is 0. The second-order valence-electron chi connectivity index (χ2n) is 15.2. The number of hydrogen-bond acceptors (Lipinski definition) is 11. The summed E-state index contributed by atoms with van der Waals surface area (Å²) >= 11 is 0. The molecule has 0 aliphatic carbocycles. The van der Waals surface area contributed by atoms with Gasteiger partial charge in [0.15, 0.2) is 6.10 Å². The van der Waals surface area contributed by atoms with Crippen molar-refractivity contribution in [3.63, 3.8) is 0 Å². The van der Waals surface area contributed by atoms with Gasteiger partial charge < -0.3 is 33.2 Å². The van der Waals surface area contributed by atoms with E-state index in [0.717, 1.165) is 48.5 Å². The fourth-order valence-corrected chi connectivity index (χ4v) is 7.60. The number of benzene rings is 3. The van der Waals surface area contributed by atoms with Gasteiger partial charge >= 0.3 is 42.4 Å². The largest absolute Gasteiger partial charge is 0.456 e. The lowest BCUT2D eigenvalue weighted by Gasteiger charge is -2.36. The molecule has 362 valence electrons. The topological polar surface area (TPSA) is 133 Å². The van der Waals surface area contributed by atoms with E-state index in [0.29, 0.717) is 52.7 Å². The van der Waals surface area contributed by atoms with Crippen LogP contribution in [0.25, 0.3) is 0 Å². The number of esters is 4. The summed E-state index contributed by atoms with van der Waals surface area (Å²) in [5.74, 6) is -7.56. The molecule has 1 aliphatic heterocycles. The minimum absolute atomic E-state index is 0.00228. The molecule has 0 radical (unpaired) electrons.